The molecule has 174 valence electrons. The SMILES string of the molecule is CN=C1c2ccc3c4c2c(ccc4c(=O)n2c4ccc(-c5ccc(C)c(C)c5)cc4nc32)C(=O)N1C. The molecule has 4 aromatic carbocycles. The Bertz CT molecular complexity index is 2030. The van der Waals surface area contributed by atoms with Crippen molar-refractivity contribution < 1.29 is 4.79 Å². The second-order valence-electron chi connectivity index (χ2n) is 9.56. The lowest BCUT2D eigenvalue weighted by Gasteiger charge is -2.27. The first-order valence-corrected chi connectivity index (χ1v) is 11.9. The van der Waals surface area contributed by atoms with Gasteiger partial charge in [-0.15, -0.1) is 0 Å². The summed E-state index contributed by atoms with van der Waals surface area (Å²) in [7, 11) is 3.40. The predicted molar refractivity (Wildman–Crippen MR) is 145 cm³/mol. The van der Waals surface area contributed by atoms with E-state index < -0.39 is 0 Å². The van der Waals surface area contributed by atoms with E-state index in [1.165, 1.54) is 11.1 Å². The number of rotatable bonds is 1. The molecule has 36 heavy (non-hydrogen) atoms. The number of hydrogen-bond donors (Lipinski definition) is 0. The van der Waals surface area contributed by atoms with Crippen molar-refractivity contribution in [2.24, 2.45) is 4.99 Å². The fourth-order valence-corrected chi connectivity index (χ4v) is 5.64. The number of pyridine rings is 1. The zero-order valence-corrected chi connectivity index (χ0v) is 20.4. The Morgan fingerprint density at radius 3 is 2.28 bits per heavy atom. The summed E-state index contributed by atoms with van der Waals surface area (Å²) in [5, 5.41) is 2.97. The maximum Gasteiger partial charge on any atom is 0.264 e. The molecular formula is C30H22N4O2. The number of aromatic nitrogens is 2. The molecule has 6 nitrogen and oxygen atoms in total. The van der Waals surface area contributed by atoms with E-state index in [0.29, 0.717) is 22.4 Å². The monoisotopic (exact) mass is 470 g/mol. The molecule has 0 fully saturated rings. The fourth-order valence-electron chi connectivity index (χ4n) is 5.64. The molecule has 2 aromatic heterocycles. The highest BCUT2D eigenvalue weighted by Gasteiger charge is 2.30. The van der Waals surface area contributed by atoms with E-state index in [1.807, 2.05) is 30.3 Å². The van der Waals surface area contributed by atoms with Crippen LogP contribution in [0.4, 0.5) is 0 Å². The number of carbonyl (C=O) groups excluding carboxylic acids is 1. The molecule has 0 saturated carbocycles. The van der Waals surface area contributed by atoms with Gasteiger partial charge in [0.05, 0.1) is 11.0 Å². The maximum atomic E-state index is 13.8. The standard InChI is InChI=1S/C30H22N4O2/c1-15-5-6-17(13-16(15)2)18-7-12-24-23(14-18)32-28-20-9-8-19-25-21(29(35)33(4)27(19)31-3)10-11-22(26(20)25)30(36)34(24)28/h5-14H,1-4H3. The average molecular weight is 471 g/mol. The molecule has 0 N–H and O–H groups in total. The van der Waals surface area contributed by atoms with Crippen molar-refractivity contribution in [1.82, 2.24) is 14.3 Å². The fraction of sp³-hybridized carbons (Fsp3) is 0.133. The third kappa shape index (κ3) is 2.50. The van der Waals surface area contributed by atoms with Gasteiger partial charge in [0, 0.05) is 46.8 Å². The van der Waals surface area contributed by atoms with Gasteiger partial charge in [-0.3, -0.25) is 23.9 Å². The largest absolute Gasteiger partial charge is 0.296 e. The van der Waals surface area contributed by atoms with Gasteiger partial charge in [-0.25, -0.2) is 4.98 Å². The Labute approximate surface area is 206 Å². The third-order valence-electron chi connectivity index (χ3n) is 7.64. The number of aryl methyl sites for hydroxylation is 2. The van der Waals surface area contributed by atoms with Crippen molar-refractivity contribution in [3.63, 3.8) is 0 Å². The van der Waals surface area contributed by atoms with E-state index in [9.17, 15) is 9.59 Å². The van der Waals surface area contributed by atoms with Gasteiger partial charge in [0.2, 0.25) is 0 Å². The molecule has 1 amide bonds. The van der Waals surface area contributed by atoms with Crippen molar-refractivity contribution in [3.05, 3.63) is 93.3 Å². The number of carbonyl (C=O) groups is 1. The Morgan fingerprint density at radius 2 is 1.50 bits per heavy atom. The molecule has 1 aliphatic rings. The van der Waals surface area contributed by atoms with E-state index in [2.05, 4.69) is 37.0 Å². The summed E-state index contributed by atoms with van der Waals surface area (Å²) in [6, 6.07) is 20.0. The van der Waals surface area contributed by atoms with Gasteiger partial charge in [0.25, 0.3) is 11.5 Å². The lowest BCUT2D eigenvalue weighted by Crippen LogP contribution is -2.37. The number of hydrogen-bond acceptors (Lipinski definition) is 4. The highest BCUT2D eigenvalue weighted by Crippen LogP contribution is 2.37. The van der Waals surface area contributed by atoms with Crippen molar-refractivity contribution in [1.29, 1.82) is 0 Å². The second kappa shape index (κ2) is 6.98. The van der Waals surface area contributed by atoms with Crippen LogP contribution in [-0.4, -0.2) is 40.1 Å². The van der Waals surface area contributed by atoms with Gasteiger partial charge in [-0.1, -0.05) is 24.3 Å². The van der Waals surface area contributed by atoms with E-state index in [0.717, 1.165) is 43.9 Å². The van der Waals surface area contributed by atoms with Crippen LogP contribution in [0, 0.1) is 13.8 Å². The summed E-state index contributed by atoms with van der Waals surface area (Å²) in [5.74, 6) is 0.470. The molecule has 6 aromatic rings. The number of nitrogens with zero attached hydrogens (tertiary/aromatic N) is 4. The van der Waals surface area contributed by atoms with Crippen LogP contribution in [0.2, 0.25) is 0 Å². The summed E-state index contributed by atoms with van der Waals surface area (Å²) in [6.45, 7) is 4.21. The third-order valence-corrected chi connectivity index (χ3v) is 7.64. The summed E-state index contributed by atoms with van der Waals surface area (Å²) in [4.78, 5) is 37.8. The van der Waals surface area contributed by atoms with Crippen LogP contribution < -0.4 is 5.56 Å². The molecule has 6 heteroatoms. The molecule has 0 radical (unpaired) electrons. The maximum absolute atomic E-state index is 13.8. The van der Waals surface area contributed by atoms with Gasteiger partial charge >= 0.3 is 0 Å². The topological polar surface area (TPSA) is 67.0 Å². The first-order chi connectivity index (χ1) is 17.4. The molecule has 7 rings (SSSR count). The van der Waals surface area contributed by atoms with Crippen LogP contribution in [0.25, 0.3) is 49.4 Å². The van der Waals surface area contributed by atoms with Gasteiger partial charge in [0.15, 0.2) is 0 Å². The normalized spacial score (nSPS) is 14.8. The van der Waals surface area contributed by atoms with Crippen LogP contribution in [0.5, 0.6) is 0 Å². The van der Waals surface area contributed by atoms with E-state index in [-0.39, 0.29) is 11.5 Å². The molecule has 0 atom stereocenters. The molecule has 3 heterocycles. The predicted octanol–water partition coefficient (Wildman–Crippen LogP) is 5.34. The minimum atomic E-state index is -0.135. The van der Waals surface area contributed by atoms with Crippen molar-refractivity contribution in [2.45, 2.75) is 13.8 Å². The summed E-state index contributed by atoms with van der Waals surface area (Å²) < 4.78 is 1.70. The molecule has 1 aliphatic heterocycles. The van der Waals surface area contributed by atoms with Crippen molar-refractivity contribution in [3.8, 4) is 11.1 Å². The van der Waals surface area contributed by atoms with Gasteiger partial charge in [-0.05, 0) is 72.5 Å². The lowest BCUT2D eigenvalue weighted by atomic mass is 9.90. The lowest BCUT2D eigenvalue weighted by molar-refractivity contribution is 0.0870. The number of benzene rings is 4. The average Bonchev–Trinajstić information content (AvgIpc) is 3.27. The van der Waals surface area contributed by atoms with Crippen LogP contribution in [0.1, 0.15) is 27.0 Å². The number of aliphatic imine (C=N–C) groups is 1. The Hall–Kier alpha value is -4.58. The van der Waals surface area contributed by atoms with E-state index >= 15 is 0 Å². The van der Waals surface area contributed by atoms with Crippen molar-refractivity contribution in [2.75, 3.05) is 14.1 Å². The zero-order valence-electron chi connectivity index (χ0n) is 20.4. The number of amidine groups is 1. The van der Waals surface area contributed by atoms with Crippen LogP contribution >= 0.6 is 0 Å². The Balaban J connectivity index is 1.59. The quantitative estimate of drug-likeness (QED) is 0.326. The first-order valence-electron chi connectivity index (χ1n) is 11.9. The molecule has 0 unspecified atom stereocenters. The summed E-state index contributed by atoms with van der Waals surface area (Å²) >= 11 is 0. The minimum Gasteiger partial charge on any atom is -0.296 e. The van der Waals surface area contributed by atoms with Gasteiger partial charge in [0.1, 0.15) is 11.5 Å². The molecular weight excluding hydrogens is 448 g/mol. The second-order valence-corrected chi connectivity index (χ2v) is 9.56. The van der Waals surface area contributed by atoms with Crippen LogP contribution in [0.15, 0.2) is 70.5 Å². The Morgan fingerprint density at radius 1 is 0.778 bits per heavy atom. The van der Waals surface area contributed by atoms with Crippen LogP contribution in [0.3, 0.4) is 0 Å². The zero-order chi connectivity index (χ0) is 24.9. The highest BCUT2D eigenvalue weighted by molar-refractivity contribution is 6.32. The highest BCUT2D eigenvalue weighted by atomic mass is 16.2. The van der Waals surface area contributed by atoms with Crippen LogP contribution in [-0.2, 0) is 0 Å². The van der Waals surface area contributed by atoms with Gasteiger partial charge < -0.3 is 0 Å². The molecule has 0 bridgehead atoms. The smallest absolute Gasteiger partial charge is 0.264 e. The molecule has 0 spiro atoms. The molecule has 0 saturated heterocycles. The van der Waals surface area contributed by atoms with E-state index in [4.69, 9.17) is 4.98 Å². The van der Waals surface area contributed by atoms with Gasteiger partial charge in [-0.2, -0.15) is 0 Å². The van der Waals surface area contributed by atoms with Crippen molar-refractivity contribution >= 4 is 50.0 Å². The van der Waals surface area contributed by atoms with E-state index in [1.54, 1.807) is 35.5 Å². The number of amides is 1. The molecule has 0 aliphatic carbocycles. The summed E-state index contributed by atoms with van der Waals surface area (Å²) in [6.07, 6.45) is 0. The first kappa shape index (κ1) is 20.8. The minimum absolute atomic E-state index is 0.128. The number of imidazole rings is 1. The summed E-state index contributed by atoms with van der Waals surface area (Å²) in [5.41, 5.74) is 8.09. The Kier molecular flexibility index (Phi) is 4.03. The number of fused-ring (bicyclic) bond motifs is 4.